The molecule has 1 amide bonds. The Morgan fingerprint density at radius 1 is 1.26 bits per heavy atom. The molecule has 23 heavy (non-hydrogen) atoms. The molecule has 0 unspecified atom stereocenters. The van der Waals surface area contributed by atoms with Crippen LogP contribution in [0.5, 0.6) is 5.75 Å². The third kappa shape index (κ3) is 4.74. The number of amides is 1. The average Bonchev–Trinajstić information content (AvgIpc) is 3.32. The molecule has 2 aromatic rings. The van der Waals surface area contributed by atoms with Gasteiger partial charge in [0.25, 0.3) is 5.91 Å². The molecule has 5 nitrogen and oxygen atoms in total. The number of aromatic nitrogens is 1. The SMILES string of the molecule is O=C(COc1ccc(Cl)cc1Cl)Nc1ccc(NC2CC2)nc1. The van der Waals surface area contributed by atoms with Crippen LogP contribution in [-0.2, 0) is 4.79 Å². The maximum Gasteiger partial charge on any atom is 0.262 e. The Kier molecular flexibility index (Phi) is 4.88. The zero-order valence-electron chi connectivity index (χ0n) is 12.2. The largest absolute Gasteiger partial charge is 0.482 e. The number of ether oxygens (including phenoxy) is 1. The first kappa shape index (κ1) is 15.9. The second-order valence-electron chi connectivity index (χ2n) is 5.26. The number of hydrogen-bond donors (Lipinski definition) is 2. The van der Waals surface area contributed by atoms with Gasteiger partial charge in [0.15, 0.2) is 6.61 Å². The van der Waals surface area contributed by atoms with Crippen molar-refractivity contribution in [2.24, 2.45) is 0 Å². The molecule has 0 atom stereocenters. The summed E-state index contributed by atoms with van der Waals surface area (Å²) in [6.07, 6.45) is 3.98. The average molecular weight is 352 g/mol. The number of halogens is 2. The summed E-state index contributed by atoms with van der Waals surface area (Å²) in [5.41, 5.74) is 0.613. The number of benzene rings is 1. The van der Waals surface area contributed by atoms with E-state index in [1.807, 2.05) is 6.07 Å². The van der Waals surface area contributed by atoms with E-state index in [9.17, 15) is 4.79 Å². The molecule has 1 aliphatic rings. The summed E-state index contributed by atoms with van der Waals surface area (Å²) in [7, 11) is 0. The third-order valence-electron chi connectivity index (χ3n) is 3.23. The molecule has 0 saturated heterocycles. The van der Waals surface area contributed by atoms with Crippen LogP contribution in [0, 0.1) is 0 Å². The van der Waals surface area contributed by atoms with Gasteiger partial charge in [0, 0.05) is 11.1 Å². The molecular formula is C16H15Cl2N3O2. The van der Waals surface area contributed by atoms with Crippen LogP contribution >= 0.6 is 23.2 Å². The number of pyridine rings is 1. The van der Waals surface area contributed by atoms with Crippen molar-refractivity contribution in [2.45, 2.75) is 18.9 Å². The van der Waals surface area contributed by atoms with E-state index in [-0.39, 0.29) is 12.5 Å². The van der Waals surface area contributed by atoms with E-state index < -0.39 is 0 Å². The highest BCUT2D eigenvalue weighted by atomic mass is 35.5. The molecule has 1 fully saturated rings. The van der Waals surface area contributed by atoms with Crippen molar-refractivity contribution in [3.8, 4) is 5.75 Å². The fourth-order valence-electron chi connectivity index (χ4n) is 1.92. The van der Waals surface area contributed by atoms with Crippen LogP contribution in [-0.4, -0.2) is 23.5 Å². The molecule has 120 valence electrons. The van der Waals surface area contributed by atoms with E-state index in [1.54, 1.807) is 30.5 Å². The Balaban J connectivity index is 1.50. The highest BCUT2D eigenvalue weighted by Crippen LogP contribution is 2.27. The smallest absolute Gasteiger partial charge is 0.262 e. The Bertz CT molecular complexity index is 703. The number of carbonyl (C=O) groups is 1. The molecule has 0 spiro atoms. The first-order valence-electron chi connectivity index (χ1n) is 7.20. The van der Waals surface area contributed by atoms with Gasteiger partial charge in [-0.15, -0.1) is 0 Å². The van der Waals surface area contributed by atoms with Crippen molar-refractivity contribution in [1.29, 1.82) is 0 Å². The number of hydrogen-bond acceptors (Lipinski definition) is 4. The van der Waals surface area contributed by atoms with E-state index in [1.165, 1.54) is 12.8 Å². The predicted octanol–water partition coefficient (Wildman–Crippen LogP) is 3.98. The molecule has 0 aliphatic heterocycles. The summed E-state index contributed by atoms with van der Waals surface area (Å²) in [4.78, 5) is 16.1. The standard InChI is InChI=1S/C16H15Cl2N3O2/c17-10-1-5-14(13(18)7-10)23-9-16(22)21-12-4-6-15(19-8-12)20-11-2-3-11/h1,4-8,11H,2-3,9H2,(H,19,20)(H,21,22). The molecule has 0 radical (unpaired) electrons. The van der Waals surface area contributed by atoms with E-state index in [0.717, 1.165) is 5.82 Å². The number of nitrogens with zero attached hydrogens (tertiary/aromatic N) is 1. The molecule has 1 aromatic heterocycles. The summed E-state index contributed by atoms with van der Waals surface area (Å²) in [5.74, 6) is 0.934. The fraction of sp³-hybridized carbons (Fsp3) is 0.250. The first-order valence-corrected chi connectivity index (χ1v) is 7.96. The molecule has 1 saturated carbocycles. The molecule has 1 aliphatic carbocycles. The van der Waals surface area contributed by atoms with Gasteiger partial charge in [0.1, 0.15) is 11.6 Å². The quantitative estimate of drug-likeness (QED) is 0.826. The van der Waals surface area contributed by atoms with Crippen molar-refractivity contribution in [2.75, 3.05) is 17.2 Å². The monoisotopic (exact) mass is 351 g/mol. The van der Waals surface area contributed by atoms with Gasteiger partial charge in [-0.05, 0) is 43.2 Å². The molecule has 7 heteroatoms. The molecule has 1 heterocycles. The number of anilines is 2. The summed E-state index contributed by atoms with van der Waals surface area (Å²) in [5, 5.41) is 6.87. The molecule has 2 N–H and O–H groups in total. The van der Waals surface area contributed by atoms with Crippen molar-refractivity contribution in [1.82, 2.24) is 4.98 Å². The maximum atomic E-state index is 11.9. The summed E-state index contributed by atoms with van der Waals surface area (Å²) < 4.78 is 5.38. The van der Waals surface area contributed by atoms with E-state index in [0.29, 0.717) is 27.5 Å². The van der Waals surface area contributed by atoms with Crippen LogP contribution in [0.25, 0.3) is 0 Å². The lowest BCUT2D eigenvalue weighted by Gasteiger charge is -2.09. The Morgan fingerprint density at radius 3 is 2.74 bits per heavy atom. The van der Waals surface area contributed by atoms with Gasteiger partial charge < -0.3 is 15.4 Å². The van der Waals surface area contributed by atoms with Crippen LogP contribution in [0.1, 0.15) is 12.8 Å². The van der Waals surface area contributed by atoms with Crippen LogP contribution < -0.4 is 15.4 Å². The minimum absolute atomic E-state index is 0.149. The second kappa shape index (κ2) is 7.06. The lowest BCUT2D eigenvalue weighted by Crippen LogP contribution is -2.20. The molecular weight excluding hydrogens is 337 g/mol. The van der Waals surface area contributed by atoms with Gasteiger partial charge in [-0.1, -0.05) is 23.2 Å². The zero-order chi connectivity index (χ0) is 16.2. The van der Waals surface area contributed by atoms with E-state index >= 15 is 0 Å². The Hall–Kier alpha value is -1.98. The zero-order valence-corrected chi connectivity index (χ0v) is 13.7. The molecule has 3 rings (SSSR count). The topological polar surface area (TPSA) is 63.2 Å². The van der Waals surface area contributed by atoms with Gasteiger partial charge in [-0.25, -0.2) is 4.98 Å². The van der Waals surface area contributed by atoms with Crippen LogP contribution in [0.2, 0.25) is 10.0 Å². The van der Waals surface area contributed by atoms with Crippen molar-refractivity contribution in [3.63, 3.8) is 0 Å². The number of carbonyl (C=O) groups excluding carboxylic acids is 1. The van der Waals surface area contributed by atoms with Crippen molar-refractivity contribution < 1.29 is 9.53 Å². The van der Waals surface area contributed by atoms with Gasteiger partial charge >= 0.3 is 0 Å². The summed E-state index contributed by atoms with van der Waals surface area (Å²) in [6.45, 7) is -0.149. The van der Waals surface area contributed by atoms with Crippen LogP contribution in [0.3, 0.4) is 0 Å². The predicted molar refractivity (Wildman–Crippen MR) is 91.5 cm³/mol. The van der Waals surface area contributed by atoms with E-state index in [2.05, 4.69) is 15.6 Å². The first-order chi connectivity index (χ1) is 11.1. The van der Waals surface area contributed by atoms with Crippen molar-refractivity contribution >= 4 is 40.6 Å². The summed E-state index contributed by atoms with van der Waals surface area (Å²) in [6, 6.07) is 9.01. The van der Waals surface area contributed by atoms with E-state index in [4.69, 9.17) is 27.9 Å². The summed E-state index contributed by atoms with van der Waals surface area (Å²) >= 11 is 11.8. The highest BCUT2D eigenvalue weighted by Gasteiger charge is 2.21. The van der Waals surface area contributed by atoms with Gasteiger partial charge in [-0.2, -0.15) is 0 Å². The third-order valence-corrected chi connectivity index (χ3v) is 3.76. The van der Waals surface area contributed by atoms with Gasteiger partial charge in [0.05, 0.1) is 16.9 Å². The van der Waals surface area contributed by atoms with Gasteiger partial charge in [0.2, 0.25) is 0 Å². The minimum Gasteiger partial charge on any atom is -0.482 e. The second-order valence-corrected chi connectivity index (χ2v) is 6.11. The molecule has 1 aromatic carbocycles. The number of nitrogens with one attached hydrogen (secondary N) is 2. The number of rotatable bonds is 6. The van der Waals surface area contributed by atoms with Crippen molar-refractivity contribution in [3.05, 3.63) is 46.6 Å². The van der Waals surface area contributed by atoms with Crippen LogP contribution in [0.4, 0.5) is 11.5 Å². The minimum atomic E-state index is -0.291. The lowest BCUT2D eigenvalue weighted by molar-refractivity contribution is -0.118. The maximum absolute atomic E-state index is 11.9. The Morgan fingerprint density at radius 2 is 2.09 bits per heavy atom. The Labute approximate surface area is 144 Å². The lowest BCUT2D eigenvalue weighted by atomic mass is 10.3. The highest BCUT2D eigenvalue weighted by molar-refractivity contribution is 6.35. The van der Waals surface area contributed by atoms with Crippen LogP contribution in [0.15, 0.2) is 36.5 Å². The normalized spacial score (nSPS) is 13.5. The molecule has 0 bridgehead atoms. The fourth-order valence-corrected chi connectivity index (χ4v) is 2.39. The van der Waals surface area contributed by atoms with Gasteiger partial charge in [-0.3, -0.25) is 4.79 Å².